The number of carboxylic acids is 1. The molecule has 0 saturated heterocycles. The fourth-order valence-electron chi connectivity index (χ4n) is 2.05. The van der Waals surface area contributed by atoms with Gasteiger partial charge in [0.2, 0.25) is 0 Å². The Morgan fingerprint density at radius 1 is 1.50 bits per heavy atom. The van der Waals surface area contributed by atoms with E-state index in [4.69, 9.17) is 5.11 Å². The van der Waals surface area contributed by atoms with E-state index in [9.17, 15) is 14.3 Å². The fourth-order valence-corrected chi connectivity index (χ4v) is 2.05. The monoisotopic (exact) mass is 224 g/mol. The third-order valence-corrected chi connectivity index (χ3v) is 2.98. The maximum atomic E-state index is 12.8. The Balaban J connectivity index is 2.27. The second-order valence-corrected chi connectivity index (χ2v) is 4.24. The second-order valence-electron chi connectivity index (χ2n) is 4.24. The first-order valence-electron chi connectivity index (χ1n) is 5.28. The van der Waals surface area contributed by atoms with Crippen molar-refractivity contribution in [2.75, 3.05) is 0 Å². The van der Waals surface area contributed by atoms with Gasteiger partial charge in [-0.3, -0.25) is 4.79 Å². The summed E-state index contributed by atoms with van der Waals surface area (Å²) in [5.74, 6) is -1.42. The van der Waals surface area contributed by atoms with Crippen LogP contribution in [-0.2, 0) is 4.79 Å². The van der Waals surface area contributed by atoms with Gasteiger partial charge in [0.05, 0.1) is 6.42 Å². The molecule has 0 spiro atoms. The molecule has 0 heterocycles. The molecule has 2 rings (SSSR count). The van der Waals surface area contributed by atoms with Crippen molar-refractivity contribution in [3.05, 3.63) is 29.6 Å². The van der Waals surface area contributed by atoms with Crippen LogP contribution in [-0.4, -0.2) is 16.2 Å². The molecule has 86 valence electrons. The van der Waals surface area contributed by atoms with Crippen molar-refractivity contribution in [3.8, 4) is 5.75 Å². The van der Waals surface area contributed by atoms with Gasteiger partial charge in [0.15, 0.2) is 0 Å². The maximum absolute atomic E-state index is 12.8. The number of carboxylic acid groups (broad SMARTS) is 1. The average molecular weight is 224 g/mol. The quantitative estimate of drug-likeness (QED) is 0.826. The predicted octanol–water partition coefficient (Wildman–Crippen LogP) is 2.50. The molecule has 1 aliphatic rings. The molecule has 0 aliphatic heterocycles. The van der Waals surface area contributed by atoms with Crippen molar-refractivity contribution in [2.45, 2.75) is 25.2 Å². The summed E-state index contributed by atoms with van der Waals surface area (Å²) in [4.78, 5) is 10.7. The van der Waals surface area contributed by atoms with E-state index in [0.717, 1.165) is 18.9 Å². The predicted molar refractivity (Wildman–Crippen MR) is 55.8 cm³/mol. The van der Waals surface area contributed by atoms with Gasteiger partial charge in [0, 0.05) is 12.0 Å². The summed E-state index contributed by atoms with van der Waals surface area (Å²) in [5.41, 5.74) is 0.548. The van der Waals surface area contributed by atoms with Crippen molar-refractivity contribution >= 4 is 5.97 Å². The Labute approximate surface area is 92.5 Å². The topological polar surface area (TPSA) is 57.5 Å². The van der Waals surface area contributed by atoms with Gasteiger partial charge in [-0.1, -0.05) is 6.07 Å². The van der Waals surface area contributed by atoms with E-state index in [-0.39, 0.29) is 18.1 Å². The molecule has 0 bridgehead atoms. The molecule has 1 unspecified atom stereocenters. The number of benzene rings is 1. The first-order chi connectivity index (χ1) is 7.58. The van der Waals surface area contributed by atoms with Gasteiger partial charge < -0.3 is 10.2 Å². The van der Waals surface area contributed by atoms with Gasteiger partial charge in [-0.05, 0) is 30.4 Å². The van der Waals surface area contributed by atoms with Crippen LogP contribution in [0.25, 0.3) is 0 Å². The minimum Gasteiger partial charge on any atom is -0.508 e. The molecule has 3 nitrogen and oxygen atoms in total. The molecule has 0 amide bonds. The number of hydrogen-bond donors (Lipinski definition) is 2. The van der Waals surface area contributed by atoms with E-state index in [1.54, 1.807) is 0 Å². The summed E-state index contributed by atoms with van der Waals surface area (Å²) in [5, 5.41) is 18.4. The zero-order chi connectivity index (χ0) is 11.7. The molecule has 1 aromatic carbocycles. The van der Waals surface area contributed by atoms with Crippen LogP contribution in [0.15, 0.2) is 18.2 Å². The normalized spacial score (nSPS) is 17.1. The van der Waals surface area contributed by atoms with Crippen LogP contribution in [0.1, 0.15) is 30.7 Å². The highest BCUT2D eigenvalue weighted by Crippen LogP contribution is 2.46. The Bertz CT molecular complexity index is 413. The number of phenolic OH excluding ortho intramolecular Hbond substituents is 1. The molecule has 1 fully saturated rings. The molecule has 1 aliphatic carbocycles. The summed E-state index contributed by atoms with van der Waals surface area (Å²) in [6.45, 7) is 0. The zero-order valence-corrected chi connectivity index (χ0v) is 8.69. The Morgan fingerprint density at radius 2 is 2.19 bits per heavy atom. The molecule has 4 heteroatoms. The van der Waals surface area contributed by atoms with Gasteiger partial charge in [-0.15, -0.1) is 0 Å². The van der Waals surface area contributed by atoms with Crippen LogP contribution in [0.2, 0.25) is 0 Å². The van der Waals surface area contributed by atoms with E-state index in [0.29, 0.717) is 11.5 Å². The highest BCUT2D eigenvalue weighted by Gasteiger charge is 2.35. The Morgan fingerprint density at radius 3 is 2.69 bits per heavy atom. The number of aromatic hydroxyl groups is 1. The number of aliphatic carboxylic acids is 1. The van der Waals surface area contributed by atoms with Crippen LogP contribution >= 0.6 is 0 Å². The smallest absolute Gasteiger partial charge is 0.303 e. The molecule has 1 atom stereocenters. The lowest BCUT2D eigenvalue weighted by molar-refractivity contribution is -0.137. The van der Waals surface area contributed by atoms with Crippen LogP contribution in [0.5, 0.6) is 5.75 Å². The SMILES string of the molecule is O=C(O)CC(c1ccc(F)cc1O)C1CC1. The third kappa shape index (κ3) is 2.32. The Hall–Kier alpha value is -1.58. The number of rotatable bonds is 4. The van der Waals surface area contributed by atoms with E-state index >= 15 is 0 Å². The standard InChI is InChI=1S/C12H13FO3/c13-8-3-4-9(11(14)5-8)10(6-12(15)16)7-1-2-7/h3-5,7,10,14H,1-2,6H2,(H,15,16). The lowest BCUT2D eigenvalue weighted by Crippen LogP contribution is -2.08. The van der Waals surface area contributed by atoms with Gasteiger partial charge in [0.25, 0.3) is 0 Å². The summed E-state index contributed by atoms with van der Waals surface area (Å²) >= 11 is 0. The van der Waals surface area contributed by atoms with Crippen molar-refractivity contribution in [1.29, 1.82) is 0 Å². The second kappa shape index (κ2) is 4.12. The average Bonchev–Trinajstić information content (AvgIpc) is 2.97. The van der Waals surface area contributed by atoms with E-state index in [2.05, 4.69) is 0 Å². The third-order valence-electron chi connectivity index (χ3n) is 2.98. The summed E-state index contributed by atoms with van der Waals surface area (Å²) in [6, 6.07) is 3.77. The first-order valence-corrected chi connectivity index (χ1v) is 5.28. The number of phenols is 1. The lowest BCUT2D eigenvalue weighted by atomic mass is 9.90. The highest BCUT2D eigenvalue weighted by atomic mass is 19.1. The van der Waals surface area contributed by atoms with Gasteiger partial charge in [-0.2, -0.15) is 0 Å². The largest absolute Gasteiger partial charge is 0.508 e. The van der Waals surface area contributed by atoms with Crippen molar-refractivity contribution in [1.82, 2.24) is 0 Å². The maximum Gasteiger partial charge on any atom is 0.303 e. The number of hydrogen-bond acceptors (Lipinski definition) is 2. The van der Waals surface area contributed by atoms with Crippen molar-refractivity contribution < 1.29 is 19.4 Å². The van der Waals surface area contributed by atoms with Gasteiger partial charge in [-0.25, -0.2) is 4.39 Å². The molecule has 16 heavy (non-hydrogen) atoms. The number of carbonyl (C=O) groups is 1. The van der Waals surface area contributed by atoms with Gasteiger partial charge in [0.1, 0.15) is 11.6 Å². The summed E-state index contributed by atoms with van der Waals surface area (Å²) in [7, 11) is 0. The van der Waals surface area contributed by atoms with Crippen molar-refractivity contribution in [2.24, 2.45) is 5.92 Å². The van der Waals surface area contributed by atoms with Crippen LogP contribution in [0, 0.1) is 11.7 Å². The zero-order valence-electron chi connectivity index (χ0n) is 8.69. The van der Waals surface area contributed by atoms with E-state index < -0.39 is 11.8 Å². The van der Waals surface area contributed by atoms with Crippen LogP contribution in [0.3, 0.4) is 0 Å². The number of halogens is 1. The fraction of sp³-hybridized carbons (Fsp3) is 0.417. The minimum absolute atomic E-state index is 0.0101. The Kier molecular flexibility index (Phi) is 2.81. The summed E-state index contributed by atoms with van der Waals surface area (Å²) in [6.07, 6.45) is 1.95. The molecule has 0 aromatic heterocycles. The lowest BCUT2D eigenvalue weighted by Gasteiger charge is -2.15. The summed E-state index contributed by atoms with van der Waals surface area (Å²) < 4.78 is 12.8. The molecule has 0 radical (unpaired) electrons. The molecule has 2 N–H and O–H groups in total. The molecular formula is C12H13FO3. The van der Waals surface area contributed by atoms with Crippen molar-refractivity contribution in [3.63, 3.8) is 0 Å². The minimum atomic E-state index is -0.888. The van der Waals surface area contributed by atoms with E-state index in [1.165, 1.54) is 12.1 Å². The first kappa shape index (κ1) is 10.9. The molecule has 1 aromatic rings. The van der Waals surface area contributed by atoms with Crippen LogP contribution in [0.4, 0.5) is 4.39 Å². The van der Waals surface area contributed by atoms with Gasteiger partial charge >= 0.3 is 5.97 Å². The highest BCUT2D eigenvalue weighted by molar-refractivity contribution is 5.68. The van der Waals surface area contributed by atoms with Crippen LogP contribution < -0.4 is 0 Å². The van der Waals surface area contributed by atoms with E-state index in [1.807, 2.05) is 0 Å². The molecule has 1 saturated carbocycles. The molecular weight excluding hydrogens is 211 g/mol.